The predicted octanol–water partition coefficient (Wildman–Crippen LogP) is 4.78. The van der Waals surface area contributed by atoms with Crippen LogP contribution in [0.5, 0.6) is 0 Å². The Morgan fingerprint density at radius 2 is 2.03 bits per heavy atom. The molecule has 1 rings (SSSR count). The number of hydrogen-bond acceptors (Lipinski definition) is 8. The van der Waals surface area contributed by atoms with E-state index in [1.807, 2.05) is 32.3 Å². The molecule has 0 aliphatic heterocycles. The number of rotatable bonds is 13. The van der Waals surface area contributed by atoms with Crippen LogP contribution < -0.4 is 10.6 Å². The number of imide groups is 1. The van der Waals surface area contributed by atoms with Crippen molar-refractivity contribution in [3.05, 3.63) is 59.0 Å². The van der Waals surface area contributed by atoms with E-state index in [9.17, 15) is 19.2 Å². The Balaban J connectivity index is 0.00000562. The maximum atomic E-state index is 13.1. The number of urea groups is 1. The highest BCUT2D eigenvalue weighted by molar-refractivity contribution is 8.02. The quantitative estimate of drug-likeness (QED) is 0.166. The average Bonchev–Trinajstić information content (AvgIpc) is 3.34. The van der Waals surface area contributed by atoms with E-state index in [4.69, 9.17) is 0 Å². The van der Waals surface area contributed by atoms with Crippen LogP contribution in [0.2, 0.25) is 0 Å². The van der Waals surface area contributed by atoms with Crippen molar-refractivity contribution in [1.29, 1.82) is 0 Å². The fourth-order valence-electron chi connectivity index (χ4n) is 2.47. The minimum absolute atomic E-state index is 0.0426. The Hall–Kier alpha value is -3.18. The molecular formula is C24H34N4O5S2. The van der Waals surface area contributed by atoms with Crippen LogP contribution in [-0.4, -0.2) is 59.7 Å². The van der Waals surface area contributed by atoms with Crippen molar-refractivity contribution in [2.45, 2.75) is 40.2 Å². The molecule has 192 valence electrons. The molecule has 2 N–H and O–H groups in total. The lowest BCUT2D eigenvalue weighted by Crippen LogP contribution is -2.51. The van der Waals surface area contributed by atoms with E-state index < -0.39 is 23.9 Å². The maximum absolute atomic E-state index is 13.1. The number of anilines is 1. The summed E-state index contributed by atoms with van der Waals surface area (Å²) in [6, 6.07) is -1.85. The fraction of sp³-hybridized carbons (Fsp3) is 0.375. The first kappa shape index (κ1) is 31.8. The number of thioether (sulfide) groups is 1. The van der Waals surface area contributed by atoms with Crippen molar-refractivity contribution in [3.8, 4) is 0 Å². The summed E-state index contributed by atoms with van der Waals surface area (Å²) in [7, 11) is 1.23. The highest BCUT2D eigenvalue weighted by atomic mass is 32.2. The van der Waals surface area contributed by atoms with Gasteiger partial charge in [-0.1, -0.05) is 50.8 Å². The van der Waals surface area contributed by atoms with E-state index in [-0.39, 0.29) is 17.2 Å². The van der Waals surface area contributed by atoms with E-state index in [0.717, 1.165) is 16.2 Å². The topological polar surface area (TPSA) is 118 Å². The Kier molecular flexibility index (Phi) is 17.4. The third-order valence-electron chi connectivity index (χ3n) is 4.09. The number of hydrogen-bond donors (Lipinski definition) is 2. The summed E-state index contributed by atoms with van der Waals surface area (Å²) in [5.41, 5.74) is 0.758. The molecule has 0 fully saturated rings. The second kappa shape index (κ2) is 19.2. The molecule has 4 amide bonds. The summed E-state index contributed by atoms with van der Waals surface area (Å²) >= 11 is 2.53. The molecule has 0 bridgehead atoms. The lowest BCUT2D eigenvalue weighted by atomic mass is 10.0. The number of carbonyl (C=O) groups is 4. The molecule has 0 saturated carbocycles. The van der Waals surface area contributed by atoms with Gasteiger partial charge in [-0.3, -0.25) is 14.5 Å². The molecule has 11 heteroatoms. The smallest absolute Gasteiger partial charge is 0.357 e. The molecular weight excluding hydrogens is 488 g/mol. The van der Waals surface area contributed by atoms with E-state index in [1.165, 1.54) is 24.3 Å². The van der Waals surface area contributed by atoms with Crippen molar-refractivity contribution in [2.75, 3.05) is 24.7 Å². The lowest BCUT2D eigenvalue weighted by molar-refractivity contribution is -0.127. The standard InChI is InChI=1S/C22H28N4O5S2.C2H6/c1-5-8-9-16(7-3)13-18(26(15-27)22(30)23-10-12-32-11-6-2)19(28)25-21-24-17(14-33-21)20(29)31-4;1-2/h5-9,11,14-15,18H,1,10,12-13H2,2-4H3,(H,23,30)(H,24,25,28);1-2H3/b9-8-,11-6-,16-7+;/t18-;/m0./s1. The van der Waals surface area contributed by atoms with Gasteiger partial charge in [0.15, 0.2) is 10.8 Å². The Morgan fingerprint density at radius 3 is 2.60 bits per heavy atom. The number of ether oxygens (including phenoxy) is 1. The van der Waals surface area contributed by atoms with Crippen molar-refractivity contribution >= 4 is 52.5 Å². The number of aromatic nitrogens is 1. The highest BCUT2D eigenvalue weighted by Crippen LogP contribution is 2.19. The Bertz CT molecular complexity index is 925. The number of allylic oxidation sites excluding steroid dienone is 5. The van der Waals surface area contributed by atoms with Crippen LogP contribution in [-0.2, 0) is 14.3 Å². The van der Waals surface area contributed by atoms with Crippen LogP contribution in [0.4, 0.5) is 9.93 Å². The van der Waals surface area contributed by atoms with Crippen molar-refractivity contribution < 1.29 is 23.9 Å². The largest absolute Gasteiger partial charge is 0.464 e. The first-order chi connectivity index (χ1) is 16.9. The molecule has 0 unspecified atom stereocenters. The van der Waals surface area contributed by atoms with Crippen LogP contribution in [0.3, 0.4) is 0 Å². The predicted molar refractivity (Wildman–Crippen MR) is 144 cm³/mol. The van der Waals surface area contributed by atoms with Gasteiger partial charge >= 0.3 is 12.0 Å². The third kappa shape index (κ3) is 11.7. The van der Waals surface area contributed by atoms with Gasteiger partial charge in [-0.05, 0) is 24.8 Å². The number of methoxy groups -OCH3 is 1. The number of amides is 4. The summed E-state index contributed by atoms with van der Waals surface area (Å²) in [6.45, 7) is 11.6. The zero-order valence-electron chi connectivity index (χ0n) is 20.8. The van der Waals surface area contributed by atoms with Crippen LogP contribution in [0.25, 0.3) is 0 Å². The normalized spacial score (nSPS) is 11.9. The molecule has 1 aromatic rings. The maximum Gasteiger partial charge on any atom is 0.357 e. The van der Waals surface area contributed by atoms with Gasteiger partial charge < -0.3 is 15.4 Å². The number of carbonyl (C=O) groups excluding carboxylic acids is 4. The van der Waals surface area contributed by atoms with Crippen molar-refractivity contribution in [1.82, 2.24) is 15.2 Å². The van der Waals surface area contributed by atoms with Crippen LogP contribution in [0.1, 0.15) is 44.6 Å². The minimum Gasteiger partial charge on any atom is -0.464 e. The van der Waals surface area contributed by atoms with E-state index >= 15 is 0 Å². The summed E-state index contributed by atoms with van der Waals surface area (Å²) in [6.07, 6.45) is 9.05. The first-order valence-electron chi connectivity index (χ1n) is 10.9. The van der Waals surface area contributed by atoms with Crippen LogP contribution in [0, 0.1) is 0 Å². The van der Waals surface area contributed by atoms with Gasteiger partial charge in [0.1, 0.15) is 6.04 Å². The third-order valence-corrected chi connectivity index (χ3v) is 5.75. The Morgan fingerprint density at radius 1 is 1.31 bits per heavy atom. The summed E-state index contributed by atoms with van der Waals surface area (Å²) < 4.78 is 4.61. The number of thiazole rings is 1. The number of nitrogens with zero attached hydrogens (tertiary/aromatic N) is 2. The van der Waals surface area contributed by atoms with Gasteiger partial charge in [-0.15, -0.1) is 23.1 Å². The molecule has 0 aromatic carbocycles. The molecule has 35 heavy (non-hydrogen) atoms. The summed E-state index contributed by atoms with van der Waals surface area (Å²) in [4.78, 5) is 54.0. The zero-order valence-corrected chi connectivity index (χ0v) is 22.4. The van der Waals surface area contributed by atoms with Crippen LogP contribution in [0.15, 0.2) is 53.3 Å². The molecule has 1 atom stereocenters. The van der Waals surface area contributed by atoms with Gasteiger partial charge in [-0.25, -0.2) is 14.6 Å². The van der Waals surface area contributed by atoms with E-state index in [1.54, 1.807) is 31.2 Å². The number of esters is 1. The van der Waals surface area contributed by atoms with Gasteiger partial charge in [0.25, 0.3) is 0 Å². The van der Waals surface area contributed by atoms with Gasteiger partial charge in [0.05, 0.1) is 7.11 Å². The Labute approximate surface area is 215 Å². The first-order valence-corrected chi connectivity index (χ1v) is 12.9. The average molecular weight is 523 g/mol. The zero-order chi connectivity index (χ0) is 26.6. The second-order valence-electron chi connectivity index (χ2n) is 6.28. The minimum atomic E-state index is -1.16. The monoisotopic (exact) mass is 522 g/mol. The van der Waals surface area contributed by atoms with Gasteiger partial charge in [-0.2, -0.15) is 0 Å². The van der Waals surface area contributed by atoms with Crippen LogP contribution >= 0.6 is 23.1 Å². The number of nitrogens with one attached hydrogen (secondary N) is 2. The SMILES string of the molecule is C=C/C=C\C(=C/C)C[C@@H](C(=O)Nc1nc(C(=O)OC)cs1)N(C=O)C(=O)NCCS/C=C\C.CC. The second-order valence-corrected chi connectivity index (χ2v) is 8.15. The highest BCUT2D eigenvalue weighted by Gasteiger charge is 2.31. The van der Waals surface area contributed by atoms with Gasteiger partial charge in [0.2, 0.25) is 12.3 Å². The molecule has 0 spiro atoms. The lowest BCUT2D eigenvalue weighted by Gasteiger charge is -2.26. The molecule has 1 heterocycles. The van der Waals surface area contributed by atoms with E-state index in [2.05, 4.69) is 26.9 Å². The molecule has 9 nitrogen and oxygen atoms in total. The van der Waals surface area contributed by atoms with E-state index in [0.29, 0.717) is 24.3 Å². The molecule has 0 saturated heterocycles. The fourth-order valence-corrected chi connectivity index (χ4v) is 3.70. The molecule has 0 radical (unpaired) electrons. The van der Waals surface area contributed by atoms with Crippen molar-refractivity contribution in [2.24, 2.45) is 0 Å². The van der Waals surface area contributed by atoms with Gasteiger partial charge in [0, 0.05) is 24.1 Å². The summed E-state index contributed by atoms with van der Waals surface area (Å²) in [5, 5.41) is 8.69. The molecule has 0 aliphatic rings. The summed E-state index contributed by atoms with van der Waals surface area (Å²) in [5.74, 6) is -0.659. The van der Waals surface area contributed by atoms with Crippen molar-refractivity contribution in [3.63, 3.8) is 0 Å². The molecule has 1 aromatic heterocycles. The molecule has 0 aliphatic carbocycles.